The number of likely N-dealkylation sites (N-methyl/N-ethyl adjacent to an activating group) is 1. The van der Waals surface area contributed by atoms with Crippen LogP contribution in [0.15, 0.2) is 11.2 Å². The predicted molar refractivity (Wildman–Crippen MR) is 112 cm³/mol. The Kier molecular flexibility index (Phi) is 11.0. The average Bonchev–Trinajstić information content (AvgIpc) is 2.92. The largest absolute Gasteiger partial charge is 0.357 e. The van der Waals surface area contributed by atoms with E-state index in [9.17, 15) is 0 Å². The van der Waals surface area contributed by atoms with Crippen LogP contribution in [0.25, 0.3) is 0 Å². The zero-order valence-corrected chi connectivity index (χ0v) is 18.4. The average molecular weight is 453 g/mol. The Morgan fingerprint density at radius 3 is 2.52 bits per heavy atom. The minimum atomic E-state index is 0. The summed E-state index contributed by atoms with van der Waals surface area (Å²) in [6, 6.07) is 0. The highest BCUT2D eigenvalue weighted by Gasteiger charge is 2.19. The maximum atomic E-state index is 4.69. The molecule has 0 aromatic carbocycles. The molecule has 0 spiro atoms. The third-order valence-corrected chi connectivity index (χ3v) is 4.96. The van der Waals surface area contributed by atoms with E-state index in [0.29, 0.717) is 0 Å². The van der Waals surface area contributed by atoms with E-state index in [1.165, 1.54) is 9.88 Å². The molecule has 1 heterocycles. The zero-order valence-electron chi connectivity index (χ0n) is 15.3. The molecular formula is C16H32IN5S. The second kappa shape index (κ2) is 11.2. The molecule has 0 aliphatic carbocycles. The molecule has 0 fully saturated rings. The van der Waals surface area contributed by atoms with Crippen LogP contribution in [-0.2, 0) is 12.8 Å². The van der Waals surface area contributed by atoms with E-state index >= 15 is 0 Å². The Morgan fingerprint density at radius 1 is 1.30 bits per heavy atom. The number of guanidine groups is 1. The minimum Gasteiger partial charge on any atom is -0.357 e. The molecule has 2 N–H and O–H groups in total. The normalized spacial score (nSPS) is 12.2. The lowest BCUT2D eigenvalue weighted by atomic mass is 10.1. The molecule has 0 saturated carbocycles. The van der Waals surface area contributed by atoms with Gasteiger partial charge in [0.1, 0.15) is 0 Å². The van der Waals surface area contributed by atoms with Gasteiger partial charge in [0, 0.05) is 36.1 Å². The number of thiazole rings is 1. The van der Waals surface area contributed by atoms with Crippen LogP contribution in [0.5, 0.6) is 0 Å². The zero-order chi connectivity index (χ0) is 16.6. The van der Waals surface area contributed by atoms with Crippen molar-refractivity contribution in [3.8, 4) is 0 Å². The van der Waals surface area contributed by atoms with E-state index in [2.05, 4.69) is 62.3 Å². The van der Waals surface area contributed by atoms with Crippen LogP contribution >= 0.6 is 35.3 Å². The smallest absolute Gasteiger partial charge is 0.191 e. The van der Waals surface area contributed by atoms with Gasteiger partial charge in [0.25, 0.3) is 0 Å². The number of rotatable bonds is 8. The first kappa shape index (κ1) is 22.6. The van der Waals surface area contributed by atoms with Crippen molar-refractivity contribution in [2.24, 2.45) is 4.99 Å². The molecular weight excluding hydrogens is 421 g/mol. The lowest BCUT2D eigenvalue weighted by Crippen LogP contribution is -2.44. The molecule has 0 aliphatic heterocycles. The van der Waals surface area contributed by atoms with Crippen molar-refractivity contribution in [1.29, 1.82) is 0 Å². The fourth-order valence-electron chi connectivity index (χ4n) is 1.67. The SMILES string of the molecule is CCNC(=NCC(C)(C)N(C)C)NCCc1ncc(CC)s1.I. The van der Waals surface area contributed by atoms with Gasteiger partial charge >= 0.3 is 0 Å². The Hall–Kier alpha value is -0.410. The third kappa shape index (κ3) is 8.30. The standard InChI is InChI=1S/C16H31N5S.HI/c1-7-13-11-19-14(22-13)9-10-18-15(17-8-2)20-12-16(3,4)21(5)6;/h11H,7-10,12H2,1-6H3,(H2,17,18,20);1H. The van der Waals surface area contributed by atoms with Gasteiger partial charge in [0.05, 0.1) is 11.6 Å². The second-order valence-corrected chi connectivity index (χ2v) is 7.35. The van der Waals surface area contributed by atoms with Crippen molar-refractivity contribution in [2.75, 3.05) is 33.7 Å². The van der Waals surface area contributed by atoms with E-state index in [1.54, 1.807) is 11.3 Å². The van der Waals surface area contributed by atoms with Gasteiger partial charge in [-0.2, -0.15) is 0 Å². The maximum Gasteiger partial charge on any atom is 0.191 e. The van der Waals surface area contributed by atoms with Gasteiger partial charge in [-0.1, -0.05) is 6.92 Å². The molecule has 0 aliphatic rings. The van der Waals surface area contributed by atoms with Crippen LogP contribution in [0.1, 0.15) is 37.6 Å². The summed E-state index contributed by atoms with van der Waals surface area (Å²) in [6.07, 6.45) is 3.99. The van der Waals surface area contributed by atoms with Crippen molar-refractivity contribution in [3.63, 3.8) is 0 Å². The topological polar surface area (TPSA) is 52.6 Å². The van der Waals surface area contributed by atoms with Gasteiger partial charge in [0.2, 0.25) is 0 Å². The van der Waals surface area contributed by atoms with Crippen LogP contribution in [0.4, 0.5) is 0 Å². The maximum absolute atomic E-state index is 4.69. The van der Waals surface area contributed by atoms with Crippen LogP contribution < -0.4 is 10.6 Å². The number of halogens is 1. The highest BCUT2D eigenvalue weighted by molar-refractivity contribution is 14.0. The van der Waals surface area contributed by atoms with Gasteiger partial charge in [-0.15, -0.1) is 35.3 Å². The first-order valence-corrected chi connectivity index (χ1v) is 8.84. The Balaban J connectivity index is 0.00000484. The first-order chi connectivity index (χ1) is 10.4. The molecule has 0 atom stereocenters. The lowest BCUT2D eigenvalue weighted by Gasteiger charge is -2.31. The fraction of sp³-hybridized carbons (Fsp3) is 0.750. The number of aryl methyl sites for hydroxylation is 1. The molecule has 7 heteroatoms. The van der Waals surface area contributed by atoms with E-state index in [0.717, 1.165) is 38.4 Å². The molecule has 1 rings (SSSR count). The van der Waals surface area contributed by atoms with Crippen LogP contribution in [0.3, 0.4) is 0 Å². The predicted octanol–water partition coefficient (Wildman–Crippen LogP) is 2.76. The van der Waals surface area contributed by atoms with Crippen LogP contribution in [-0.4, -0.2) is 55.1 Å². The molecule has 1 aromatic heterocycles. The number of hydrogen-bond acceptors (Lipinski definition) is 4. The number of nitrogens with zero attached hydrogens (tertiary/aromatic N) is 3. The Morgan fingerprint density at radius 2 is 2.00 bits per heavy atom. The monoisotopic (exact) mass is 453 g/mol. The fourth-order valence-corrected chi connectivity index (χ4v) is 2.53. The quantitative estimate of drug-likeness (QED) is 0.361. The second-order valence-electron chi connectivity index (χ2n) is 6.15. The number of hydrogen-bond donors (Lipinski definition) is 2. The Labute approximate surface area is 162 Å². The van der Waals surface area contributed by atoms with E-state index in [4.69, 9.17) is 4.99 Å². The molecule has 5 nitrogen and oxygen atoms in total. The van der Waals surface area contributed by atoms with Crippen molar-refractivity contribution in [2.45, 2.75) is 46.1 Å². The summed E-state index contributed by atoms with van der Waals surface area (Å²) in [6.45, 7) is 11.1. The molecule has 134 valence electrons. The highest BCUT2D eigenvalue weighted by atomic mass is 127. The van der Waals surface area contributed by atoms with Gasteiger partial charge < -0.3 is 15.5 Å². The minimum absolute atomic E-state index is 0. The van der Waals surface area contributed by atoms with Crippen molar-refractivity contribution < 1.29 is 0 Å². The van der Waals surface area contributed by atoms with Crippen LogP contribution in [0.2, 0.25) is 0 Å². The molecule has 0 bridgehead atoms. The molecule has 0 radical (unpaired) electrons. The van der Waals surface area contributed by atoms with Crippen molar-refractivity contribution >= 4 is 41.3 Å². The summed E-state index contributed by atoms with van der Waals surface area (Å²) in [5.74, 6) is 0.879. The third-order valence-electron chi connectivity index (χ3n) is 3.76. The van der Waals surface area contributed by atoms with Gasteiger partial charge in [-0.3, -0.25) is 4.99 Å². The van der Waals surface area contributed by atoms with E-state index in [1.807, 2.05) is 6.20 Å². The Bertz CT molecular complexity index is 471. The summed E-state index contributed by atoms with van der Waals surface area (Å²) in [7, 11) is 4.17. The summed E-state index contributed by atoms with van der Waals surface area (Å²) in [4.78, 5) is 12.7. The summed E-state index contributed by atoms with van der Waals surface area (Å²) in [5.41, 5.74) is 0.0493. The molecule has 1 aromatic rings. The van der Waals surface area contributed by atoms with E-state index in [-0.39, 0.29) is 29.5 Å². The molecule has 0 saturated heterocycles. The summed E-state index contributed by atoms with van der Waals surface area (Å²) < 4.78 is 0. The number of nitrogens with one attached hydrogen (secondary N) is 2. The van der Waals surface area contributed by atoms with Crippen molar-refractivity contribution in [3.05, 3.63) is 16.1 Å². The first-order valence-electron chi connectivity index (χ1n) is 8.02. The van der Waals surface area contributed by atoms with Gasteiger partial charge in [0.15, 0.2) is 5.96 Å². The lowest BCUT2D eigenvalue weighted by molar-refractivity contribution is 0.204. The van der Waals surface area contributed by atoms with Gasteiger partial charge in [-0.05, 0) is 41.3 Å². The summed E-state index contributed by atoms with van der Waals surface area (Å²) in [5, 5.41) is 7.88. The highest BCUT2D eigenvalue weighted by Crippen LogP contribution is 2.13. The van der Waals surface area contributed by atoms with E-state index < -0.39 is 0 Å². The summed E-state index contributed by atoms with van der Waals surface area (Å²) >= 11 is 1.80. The van der Waals surface area contributed by atoms with Crippen molar-refractivity contribution in [1.82, 2.24) is 20.5 Å². The van der Waals surface area contributed by atoms with Crippen LogP contribution in [0, 0.1) is 0 Å². The molecule has 23 heavy (non-hydrogen) atoms. The molecule has 0 unspecified atom stereocenters. The number of aromatic nitrogens is 1. The van der Waals surface area contributed by atoms with Gasteiger partial charge in [-0.25, -0.2) is 4.98 Å². The molecule has 0 amide bonds. The number of aliphatic imine (C=N–C) groups is 1.